The van der Waals surface area contributed by atoms with E-state index in [0.29, 0.717) is 11.8 Å². The van der Waals surface area contributed by atoms with Gasteiger partial charge in [-0.1, -0.05) is 44.2 Å². The zero-order valence-corrected chi connectivity index (χ0v) is 12.8. The minimum atomic E-state index is 0.598. The van der Waals surface area contributed by atoms with Crippen LogP contribution >= 0.6 is 0 Å². The van der Waals surface area contributed by atoms with Gasteiger partial charge in [0.05, 0.1) is 13.2 Å². The number of hydrogen-bond acceptors (Lipinski definition) is 3. The van der Waals surface area contributed by atoms with Crippen molar-refractivity contribution in [3.63, 3.8) is 0 Å². The first-order chi connectivity index (χ1) is 9.77. The Morgan fingerprint density at radius 3 is 2.50 bits per heavy atom. The van der Waals surface area contributed by atoms with E-state index < -0.39 is 0 Å². The second-order valence-corrected chi connectivity index (χ2v) is 5.92. The highest BCUT2D eigenvalue weighted by molar-refractivity contribution is 5.20. The average Bonchev–Trinajstić information content (AvgIpc) is 2.49. The third kappa shape index (κ3) is 4.89. The Morgan fingerprint density at radius 1 is 1.15 bits per heavy atom. The average molecular weight is 276 g/mol. The number of rotatable bonds is 7. The normalized spacial score (nSPS) is 18.4. The first kappa shape index (κ1) is 15.5. The zero-order valence-electron chi connectivity index (χ0n) is 12.8. The molecule has 1 fully saturated rings. The van der Waals surface area contributed by atoms with Crippen LogP contribution in [-0.2, 0) is 4.74 Å². The summed E-state index contributed by atoms with van der Waals surface area (Å²) in [6, 6.07) is 10.9. The summed E-state index contributed by atoms with van der Waals surface area (Å²) in [5, 5.41) is 3.63. The smallest absolute Gasteiger partial charge is 0.0594 e. The largest absolute Gasteiger partial charge is 0.379 e. The number of ether oxygens (including phenoxy) is 1. The van der Waals surface area contributed by atoms with Gasteiger partial charge < -0.3 is 10.1 Å². The van der Waals surface area contributed by atoms with E-state index in [1.54, 1.807) is 0 Å². The van der Waals surface area contributed by atoms with E-state index in [1.165, 1.54) is 5.56 Å². The minimum absolute atomic E-state index is 0.598. The highest BCUT2D eigenvalue weighted by Gasteiger charge is 2.15. The summed E-state index contributed by atoms with van der Waals surface area (Å²) in [6.45, 7) is 11.8. The third-order valence-corrected chi connectivity index (χ3v) is 4.11. The van der Waals surface area contributed by atoms with Gasteiger partial charge in [0.15, 0.2) is 0 Å². The number of morpholine rings is 1. The fourth-order valence-corrected chi connectivity index (χ4v) is 2.76. The molecule has 1 heterocycles. The Kier molecular flexibility index (Phi) is 6.51. The Hall–Kier alpha value is -0.900. The quantitative estimate of drug-likeness (QED) is 0.774. The van der Waals surface area contributed by atoms with Crippen molar-refractivity contribution in [3.05, 3.63) is 35.9 Å². The molecule has 0 spiro atoms. The Labute approximate surface area is 123 Å². The molecule has 1 N–H and O–H groups in total. The first-order valence-electron chi connectivity index (χ1n) is 7.83. The summed E-state index contributed by atoms with van der Waals surface area (Å²) in [4.78, 5) is 2.48. The van der Waals surface area contributed by atoms with Gasteiger partial charge in [0, 0.05) is 32.7 Å². The molecule has 112 valence electrons. The molecular formula is C17H28N2O. The van der Waals surface area contributed by atoms with Crippen molar-refractivity contribution in [2.75, 3.05) is 45.9 Å². The molecular weight excluding hydrogens is 248 g/mol. The van der Waals surface area contributed by atoms with E-state index in [1.807, 2.05) is 0 Å². The Bertz CT molecular complexity index is 361. The maximum atomic E-state index is 5.37. The molecule has 0 radical (unpaired) electrons. The molecule has 1 unspecified atom stereocenters. The van der Waals surface area contributed by atoms with Crippen LogP contribution in [0.5, 0.6) is 0 Å². The highest BCUT2D eigenvalue weighted by Crippen LogP contribution is 2.23. The molecule has 0 aliphatic carbocycles. The molecule has 0 aromatic heterocycles. The second kappa shape index (κ2) is 8.40. The SMILES string of the molecule is CC(C)C(CNCCN1CCOCC1)c1ccccc1. The number of hydrogen-bond donors (Lipinski definition) is 1. The summed E-state index contributed by atoms with van der Waals surface area (Å²) in [5.41, 5.74) is 1.45. The van der Waals surface area contributed by atoms with Gasteiger partial charge in [0.1, 0.15) is 0 Å². The van der Waals surface area contributed by atoms with Crippen molar-refractivity contribution < 1.29 is 4.74 Å². The fourth-order valence-electron chi connectivity index (χ4n) is 2.76. The summed E-state index contributed by atoms with van der Waals surface area (Å²) in [5.74, 6) is 1.26. The van der Waals surface area contributed by atoms with Crippen LogP contribution in [0.25, 0.3) is 0 Å². The molecule has 0 amide bonds. The van der Waals surface area contributed by atoms with E-state index in [-0.39, 0.29) is 0 Å². The van der Waals surface area contributed by atoms with Crippen molar-refractivity contribution >= 4 is 0 Å². The second-order valence-electron chi connectivity index (χ2n) is 5.92. The van der Waals surface area contributed by atoms with E-state index in [2.05, 4.69) is 54.4 Å². The standard InChI is InChI=1S/C17H28N2O/c1-15(2)17(16-6-4-3-5-7-16)14-18-8-9-19-10-12-20-13-11-19/h3-7,15,17-18H,8-14H2,1-2H3. The van der Waals surface area contributed by atoms with Crippen LogP contribution < -0.4 is 5.32 Å². The van der Waals surface area contributed by atoms with Gasteiger partial charge in [0.25, 0.3) is 0 Å². The van der Waals surface area contributed by atoms with Crippen molar-refractivity contribution in [1.29, 1.82) is 0 Å². The lowest BCUT2D eigenvalue weighted by atomic mass is 9.88. The minimum Gasteiger partial charge on any atom is -0.379 e. The summed E-state index contributed by atoms with van der Waals surface area (Å²) in [6.07, 6.45) is 0. The molecule has 3 nitrogen and oxygen atoms in total. The van der Waals surface area contributed by atoms with Crippen LogP contribution in [0.2, 0.25) is 0 Å². The van der Waals surface area contributed by atoms with Crippen LogP contribution in [-0.4, -0.2) is 50.8 Å². The van der Waals surface area contributed by atoms with Crippen LogP contribution in [0.1, 0.15) is 25.3 Å². The number of nitrogens with one attached hydrogen (secondary N) is 1. The fraction of sp³-hybridized carbons (Fsp3) is 0.647. The molecule has 1 aliphatic rings. The highest BCUT2D eigenvalue weighted by atomic mass is 16.5. The Morgan fingerprint density at radius 2 is 1.85 bits per heavy atom. The number of benzene rings is 1. The molecule has 1 atom stereocenters. The molecule has 1 saturated heterocycles. The van der Waals surface area contributed by atoms with E-state index in [9.17, 15) is 0 Å². The monoisotopic (exact) mass is 276 g/mol. The lowest BCUT2D eigenvalue weighted by Crippen LogP contribution is -2.41. The predicted molar refractivity (Wildman–Crippen MR) is 84.1 cm³/mol. The molecule has 0 saturated carbocycles. The van der Waals surface area contributed by atoms with Gasteiger partial charge in [-0.25, -0.2) is 0 Å². The molecule has 1 aromatic rings. The van der Waals surface area contributed by atoms with E-state index in [4.69, 9.17) is 4.74 Å². The van der Waals surface area contributed by atoms with Crippen molar-refractivity contribution in [3.8, 4) is 0 Å². The van der Waals surface area contributed by atoms with Crippen molar-refractivity contribution in [1.82, 2.24) is 10.2 Å². The Balaban J connectivity index is 1.72. The number of nitrogens with zero attached hydrogens (tertiary/aromatic N) is 1. The lowest BCUT2D eigenvalue weighted by molar-refractivity contribution is 0.0384. The van der Waals surface area contributed by atoms with Crippen molar-refractivity contribution in [2.45, 2.75) is 19.8 Å². The van der Waals surface area contributed by atoms with Gasteiger partial charge >= 0.3 is 0 Å². The van der Waals surface area contributed by atoms with Crippen LogP contribution in [0.4, 0.5) is 0 Å². The predicted octanol–water partition coefficient (Wildman–Crippen LogP) is 2.35. The molecule has 2 rings (SSSR count). The van der Waals surface area contributed by atoms with Crippen LogP contribution in [0.3, 0.4) is 0 Å². The van der Waals surface area contributed by atoms with E-state index >= 15 is 0 Å². The van der Waals surface area contributed by atoms with Crippen LogP contribution in [0, 0.1) is 5.92 Å². The maximum Gasteiger partial charge on any atom is 0.0594 e. The summed E-state index contributed by atoms with van der Waals surface area (Å²) in [7, 11) is 0. The lowest BCUT2D eigenvalue weighted by Gasteiger charge is -2.27. The van der Waals surface area contributed by atoms with Gasteiger partial charge in [0.2, 0.25) is 0 Å². The van der Waals surface area contributed by atoms with Crippen LogP contribution in [0.15, 0.2) is 30.3 Å². The van der Waals surface area contributed by atoms with Gasteiger partial charge in [-0.3, -0.25) is 4.90 Å². The molecule has 1 aromatic carbocycles. The maximum absolute atomic E-state index is 5.37. The molecule has 20 heavy (non-hydrogen) atoms. The first-order valence-corrected chi connectivity index (χ1v) is 7.83. The van der Waals surface area contributed by atoms with E-state index in [0.717, 1.165) is 45.9 Å². The van der Waals surface area contributed by atoms with Gasteiger partial charge in [-0.05, 0) is 17.4 Å². The third-order valence-electron chi connectivity index (χ3n) is 4.11. The topological polar surface area (TPSA) is 24.5 Å². The summed E-state index contributed by atoms with van der Waals surface area (Å²) < 4.78 is 5.37. The summed E-state index contributed by atoms with van der Waals surface area (Å²) >= 11 is 0. The molecule has 3 heteroatoms. The molecule has 0 bridgehead atoms. The van der Waals surface area contributed by atoms with Gasteiger partial charge in [-0.2, -0.15) is 0 Å². The molecule has 1 aliphatic heterocycles. The van der Waals surface area contributed by atoms with Crippen molar-refractivity contribution in [2.24, 2.45) is 5.92 Å². The van der Waals surface area contributed by atoms with Gasteiger partial charge in [-0.15, -0.1) is 0 Å². The zero-order chi connectivity index (χ0) is 14.2.